The number of nitrogens with zero attached hydrogens (tertiary/aromatic N) is 8. The third-order valence-electron chi connectivity index (χ3n) is 8.27. The average molecular weight is 693 g/mol. The second-order valence-electron chi connectivity index (χ2n) is 11.7. The molecular weight excluding hydrogens is 656 g/mol. The highest BCUT2D eigenvalue weighted by Gasteiger charge is 2.63. The van der Waals surface area contributed by atoms with Gasteiger partial charge in [0.25, 0.3) is 0 Å². The number of nitro groups is 4. The van der Waals surface area contributed by atoms with Crippen molar-refractivity contribution in [2.75, 3.05) is 78.8 Å². The molecule has 0 aromatic rings. The molecule has 0 unspecified atom stereocenters. The molecule has 0 saturated carbocycles. The largest absolute Gasteiger partial charge is 0.492 e. The molecule has 4 saturated heterocycles. The van der Waals surface area contributed by atoms with Crippen molar-refractivity contribution in [3.8, 4) is 0 Å². The van der Waals surface area contributed by atoms with Crippen molar-refractivity contribution in [1.29, 1.82) is 0 Å². The summed E-state index contributed by atoms with van der Waals surface area (Å²) < 4.78 is 22.1. The van der Waals surface area contributed by atoms with E-state index in [1.54, 1.807) is 0 Å². The van der Waals surface area contributed by atoms with Crippen LogP contribution in [0.3, 0.4) is 0 Å². The first kappa shape index (κ1) is 37.8. The summed E-state index contributed by atoms with van der Waals surface area (Å²) in [6.07, 6.45) is 0. The standard InChI is InChI=1S/2C12H18N4O8/c2*1-9(17)13-5-11(15(19)20,16(21)22)6-14(10(2)18)8-12(7-13)23-3-4-24-12/h2*3-8H2,1-2H3. The van der Waals surface area contributed by atoms with Crippen LogP contribution in [0.15, 0.2) is 0 Å². The van der Waals surface area contributed by atoms with Gasteiger partial charge in [-0.25, -0.2) is 0 Å². The van der Waals surface area contributed by atoms with Gasteiger partial charge in [0.2, 0.25) is 35.2 Å². The molecule has 4 aliphatic heterocycles. The molecule has 0 bridgehead atoms. The Morgan fingerprint density at radius 1 is 0.438 bits per heavy atom. The topological polar surface area (TPSA) is 291 Å². The Kier molecular flexibility index (Phi) is 11.2. The lowest BCUT2D eigenvalue weighted by Crippen LogP contribution is -2.68. The molecule has 2 spiro atoms. The summed E-state index contributed by atoms with van der Waals surface area (Å²) in [6.45, 7) is 1.39. The molecule has 268 valence electrons. The number of hydrogen-bond acceptors (Lipinski definition) is 16. The van der Waals surface area contributed by atoms with E-state index >= 15 is 0 Å². The van der Waals surface area contributed by atoms with Crippen molar-refractivity contribution in [3.63, 3.8) is 0 Å². The van der Waals surface area contributed by atoms with E-state index in [4.69, 9.17) is 18.9 Å². The molecule has 0 atom stereocenters. The average Bonchev–Trinajstić information content (AvgIpc) is 3.62. The van der Waals surface area contributed by atoms with Gasteiger partial charge < -0.3 is 38.5 Å². The first-order valence-electron chi connectivity index (χ1n) is 14.4. The van der Waals surface area contributed by atoms with Gasteiger partial charge in [0.15, 0.2) is 26.2 Å². The van der Waals surface area contributed by atoms with Crippen LogP contribution >= 0.6 is 0 Å². The predicted octanol–water partition coefficient (Wildman–Crippen LogP) is -2.62. The highest BCUT2D eigenvalue weighted by molar-refractivity contribution is 5.75. The highest BCUT2D eigenvalue weighted by atomic mass is 16.7. The fourth-order valence-electron chi connectivity index (χ4n) is 5.65. The van der Waals surface area contributed by atoms with Gasteiger partial charge in [0, 0.05) is 27.7 Å². The Morgan fingerprint density at radius 2 is 0.625 bits per heavy atom. The van der Waals surface area contributed by atoms with E-state index in [0.29, 0.717) is 0 Å². The summed E-state index contributed by atoms with van der Waals surface area (Å²) in [6, 6.07) is 0. The smallest absolute Gasteiger partial charge is 0.344 e. The van der Waals surface area contributed by atoms with Gasteiger partial charge in [-0.15, -0.1) is 0 Å². The van der Waals surface area contributed by atoms with Gasteiger partial charge >= 0.3 is 11.3 Å². The molecule has 0 N–H and O–H groups in total. The zero-order valence-corrected chi connectivity index (χ0v) is 26.6. The fraction of sp³-hybridized carbons (Fsp3) is 0.833. The molecule has 24 heteroatoms. The first-order chi connectivity index (χ1) is 22.2. The monoisotopic (exact) mass is 692 g/mol. The van der Waals surface area contributed by atoms with Crippen LogP contribution in [0.25, 0.3) is 0 Å². The molecule has 4 aliphatic rings. The van der Waals surface area contributed by atoms with Gasteiger partial charge in [0.05, 0.1) is 52.6 Å². The molecule has 24 nitrogen and oxygen atoms in total. The molecule has 48 heavy (non-hydrogen) atoms. The van der Waals surface area contributed by atoms with Gasteiger partial charge in [0.1, 0.15) is 19.7 Å². The Morgan fingerprint density at radius 3 is 0.771 bits per heavy atom. The van der Waals surface area contributed by atoms with E-state index in [0.717, 1.165) is 47.3 Å². The minimum atomic E-state index is -2.71. The molecule has 0 radical (unpaired) electrons. The number of hydrogen-bond donors (Lipinski definition) is 0. The van der Waals surface area contributed by atoms with Gasteiger partial charge in [-0.3, -0.25) is 59.6 Å². The Hall–Kier alpha value is -4.68. The molecule has 0 aromatic carbocycles. The first-order valence-corrected chi connectivity index (χ1v) is 14.4. The van der Waals surface area contributed by atoms with Gasteiger partial charge in [-0.05, 0) is 0 Å². The van der Waals surface area contributed by atoms with Crippen molar-refractivity contribution in [1.82, 2.24) is 19.6 Å². The lowest BCUT2D eigenvalue weighted by atomic mass is 10.1. The van der Waals surface area contributed by atoms with E-state index in [1.807, 2.05) is 0 Å². The van der Waals surface area contributed by atoms with Gasteiger partial charge in [-0.2, -0.15) is 0 Å². The maximum atomic E-state index is 11.8. The Balaban J connectivity index is 0.000000260. The zero-order chi connectivity index (χ0) is 36.2. The number of amides is 4. The summed E-state index contributed by atoms with van der Waals surface area (Å²) in [5, 5.41) is 45.8. The lowest BCUT2D eigenvalue weighted by Gasteiger charge is -2.40. The molecule has 4 amide bonds. The maximum absolute atomic E-state index is 11.8. The number of carbonyl (C=O) groups is 4. The van der Waals surface area contributed by atoms with E-state index in [2.05, 4.69) is 0 Å². The minimum absolute atomic E-state index is 0.229. The van der Waals surface area contributed by atoms with Crippen LogP contribution in [0.1, 0.15) is 27.7 Å². The van der Waals surface area contributed by atoms with E-state index in [1.165, 1.54) is 0 Å². The molecule has 0 aliphatic carbocycles. The SMILES string of the molecule is CC(=O)N1CC2(CN(C(C)=O)CC([N+](=O)[O-])([N+](=O)[O-])C1)OCCO2.CC(=O)N1CC2(CN(C(C)=O)CC([N+](=O)[O-])([N+](=O)[O-])C1)OCCO2. The Bertz CT molecular complexity index is 1160. The second-order valence-corrected chi connectivity index (χ2v) is 11.7. The van der Waals surface area contributed by atoms with Crippen molar-refractivity contribution in [2.24, 2.45) is 0 Å². The summed E-state index contributed by atoms with van der Waals surface area (Å²) in [5.74, 6) is -5.01. The van der Waals surface area contributed by atoms with Crippen molar-refractivity contribution in [2.45, 2.75) is 50.6 Å². The van der Waals surface area contributed by atoms with Crippen LogP contribution in [0.2, 0.25) is 0 Å². The highest BCUT2D eigenvalue weighted by Crippen LogP contribution is 2.30. The van der Waals surface area contributed by atoms with Crippen LogP contribution < -0.4 is 0 Å². The maximum Gasteiger partial charge on any atom is 0.492 e. The van der Waals surface area contributed by atoms with Crippen LogP contribution in [0.5, 0.6) is 0 Å². The molecule has 0 aromatic heterocycles. The number of rotatable bonds is 4. The van der Waals surface area contributed by atoms with Gasteiger partial charge in [-0.1, -0.05) is 0 Å². The number of ether oxygens (including phenoxy) is 4. The summed E-state index contributed by atoms with van der Waals surface area (Å²) in [4.78, 5) is 92.8. The van der Waals surface area contributed by atoms with E-state index in [-0.39, 0.29) is 52.6 Å². The Labute approximate surface area is 271 Å². The third kappa shape index (κ3) is 7.71. The third-order valence-corrected chi connectivity index (χ3v) is 8.27. The van der Waals surface area contributed by atoms with E-state index < -0.39 is 92.4 Å². The van der Waals surface area contributed by atoms with Crippen LogP contribution in [-0.2, 0) is 38.1 Å². The van der Waals surface area contributed by atoms with Crippen LogP contribution in [-0.4, -0.2) is 165 Å². The molecule has 4 fully saturated rings. The summed E-state index contributed by atoms with van der Waals surface area (Å²) >= 11 is 0. The quantitative estimate of drug-likeness (QED) is 0.165. The lowest BCUT2D eigenvalue weighted by molar-refractivity contribution is -0.795. The van der Waals surface area contributed by atoms with Crippen molar-refractivity contribution >= 4 is 23.6 Å². The predicted molar refractivity (Wildman–Crippen MR) is 152 cm³/mol. The van der Waals surface area contributed by atoms with Crippen LogP contribution in [0.4, 0.5) is 0 Å². The second kappa shape index (κ2) is 14.2. The van der Waals surface area contributed by atoms with E-state index in [9.17, 15) is 59.6 Å². The van der Waals surface area contributed by atoms with Crippen LogP contribution in [0, 0.1) is 40.5 Å². The normalized spacial score (nSPS) is 22.8. The summed E-state index contributed by atoms with van der Waals surface area (Å²) in [5.41, 5.74) is -5.42. The number of carbonyl (C=O) groups excluding carboxylic acids is 4. The fourth-order valence-corrected chi connectivity index (χ4v) is 5.65. The molecule has 4 heterocycles. The molecular formula is C24H36N8O16. The minimum Gasteiger partial charge on any atom is -0.344 e. The zero-order valence-electron chi connectivity index (χ0n) is 26.6. The summed E-state index contributed by atoms with van der Waals surface area (Å²) in [7, 11) is 0. The molecule has 4 rings (SSSR count). The van der Waals surface area contributed by atoms with Crippen molar-refractivity contribution < 1.29 is 57.8 Å². The van der Waals surface area contributed by atoms with Crippen molar-refractivity contribution in [3.05, 3.63) is 40.5 Å².